The van der Waals surface area contributed by atoms with Gasteiger partial charge in [-0.05, 0) is 25.7 Å². The maximum atomic E-state index is 13.2. The van der Waals surface area contributed by atoms with Crippen molar-refractivity contribution in [1.82, 2.24) is 0 Å². The highest BCUT2D eigenvalue weighted by atomic mass is 31.2. The van der Waals surface area contributed by atoms with E-state index in [9.17, 15) is 43.2 Å². The summed E-state index contributed by atoms with van der Waals surface area (Å²) in [7, 11) is -9.93. The van der Waals surface area contributed by atoms with Gasteiger partial charge in [0, 0.05) is 25.7 Å². The van der Waals surface area contributed by atoms with Gasteiger partial charge in [0.15, 0.2) is 12.2 Å². The Morgan fingerprint density at radius 2 is 0.377 bits per heavy atom. The highest BCUT2D eigenvalue weighted by molar-refractivity contribution is 7.47. The molecule has 0 rings (SSSR count). The Morgan fingerprint density at radius 3 is 0.557 bits per heavy atom. The molecule has 0 spiro atoms. The average Bonchev–Trinajstić information content (AvgIpc) is 0.921. The predicted octanol–water partition coefficient (Wildman–Crippen LogP) is 26.9. The molecule has 0 heterocycles. The van der Waals surface area contributed by atoms with Crippen molar-refractivity contribution in [2.75, 3.05) is 39.6 Å². The van der Waals surface area contributed by atoms with Crippen LogP contribution in [0, 0.1) is 0 Å². The van der Waals surface area contributed by atoms with E-state index in [1.54, 1.807) is 0 Å². The molecule has 5 atom stereocenters. The Hall–Kier alpha value is -1.94. The molecule has 2 unspecified atom stereocenters. The van der Waals surface area contributed by atoms with Gasteiger partial charge in [0.25, 0.3) is 0 Å². The largest absolute Gasteiger partial charge is 0.472 e. The molecule has 630 valence electrons. The molecule has 0 aromatic carbocycles. The summed E-state index contributed by atoms with van der Waals surface area (Å²) in [6.07, 6.45) is 76.4. The summed E-state index contributed by atoms with van der Waals surface area (Å²) < 4.78 is 68.9. The second-order valence-electron chi connectivity index (χ2n) is 31.3. The highest BCUT2D eigenvalue weighted by Gasteiger charge is 2.30. The highest BCUT2D eigenvalue weighted by Crippen LogP contribution is 2.45. The van der Waals surface area contributed by atoms with Crippen LogP contribution in [0.25, 0.3) is 0 Å². The fraction of sp³-hybridized carbons (Fsp3) is 0.954. The molecule has 19 heteroatoms. The third-order valence-electron chi connectivity index (χ3n) is 20.6. The van der Waals surface area contributed by atoms with Gasteiger partial charge in [-0.2, -0.15) is 0 Å². The standard InChI is InChI=1S/C87H170O17P2/c1-5-9-13-17-21-25-29-32-35-37-39-40-42-44-47-50-54-58-62-66-70-74-87(92)104-83(78-98-85(90)72-68-64-60-56-52-48-46-43-41-38-36-33-30-26-22-18-14-10-6-2)80-102-106(95,96)100-76-81(88)75-99-105(93,94)101-79-82(77-97-84(89)71-67-63-59-55-51-28-24-20-16-12-8-4)103-86(91)73-69-65-61-57-53-49-45-34-31-27-23-19-15-11-7-3/h81-83,88H,5-80H2,1-4H3,(H,93,94)(H,95,96)/t81-,82+,83+/m0/s1. The van der Waals surface area contributed by atoms with Gasteiger partial charge in [0.1, 0.15) is 19.3 Å². The van der Waals surface area contributed by atoms with Gasteiger partial charge in [0.05, 0.1) is 26.4 Å². The first-order valence-electron chi connectivity index (χ1n) is 45.3. The minimum atomic E-state index is -4.97. The molecule has 0 aliphatic heterocycles. The summed E-state index contributed by atoms with van der Waals surface area (Å²) in [5.41, 5.74) is 0. The van der Waals surface area contributed by atoms with E-state index in [1.165, 1.54) is 308 Å². The number of carbonyl (C=O) groups excluding carboxylic acids is 4. The van der Waals surface area contributed by atoms with Crippen molar-refractivity contribution in [3.05, 3.63) is 0 Å². The number of carbonyl (C=O) groups is 4. The Labute approximate surface area is 651 Å². The van der Waals surface area contributed by atoms with Crippen LogP contribution < -0.4 is 0 Å². The third-order valence-corrected chi connectivity index (χ3v) is 22.5. The lowest BCUT2D eigenvalue weighted by Gasteiger charge is -2.21. The molecule has 0 saturated carbocycles. The fourth-order valence-electron chi connectivity index (χ4n) is 13.7. The number of aliphatic hydroxyl groups is 1. The molecule has 3 N–H and O–H groups in total. The molecule has 0 aliphatic rings. The third kappa shape index (κ3) is 80.1. The molecule has 0 aliphatic carbocycles. The van der Waals surface area contributed by atoms with E-state index in [2.05, 4.69) is 27.7 Å². The molecular weight excluding hydrogens is 1380 g/mol. The lowest BCUT2D eigenvalue weighted by Crippen LogP contribution is -2.30. The molecule has 106 heavy (non-hydrogen) atoms. The normalized spacial score (nSPS) is 13.7. The van der Waals surface area contributed by atoms with Crippen LogP contribution in [0.4, 0.5) is 0 Å². The maximum Gasteiger partial charge on any atom is 0.472 e. The smallest absolute Gasteiger partial charge is 0.462 e. The van der Waals surface area contributed by atoms with Crippen molar-refractivity contribution in [2.45, 2.75) is 495 Å². The van der Waals surface area contributed by atoms with E-state index in [4.69, 9.17) is 37.0 Å². The number of phosphoric acid groups is 2. The van der Waals surface area contributed by atoms with Gasteiger partial charge >= 0.3 is 39.5 Å². The first kappa shape index (κ1) is 104. The summed E-state index contributed by atoms with van der Waals surface area (Å²) in [6.45, 7) is 5.06. The van der Waals surface area contributed by atoms with E-state index >= 15 is 0 Å². The van der Waals surface area contributed by atoms with Crippen molar-refractivity contribution in [3.8, 4) is 0 Å². The van der Waals surface area contributed by atoms with Gasteiger partial charge in [-0.15, -0.1) is 0 Å². The quantitative estimate of drug-likeness (QED) is 0.0222. The van der Waals surface area contributed by atoms with E-state index in [0.29, 0.717) is 25.7 Å². The number of esters is 4. The summed E-state index contributed by atoms with van der Waals surface area (Å²) in [4.78, 5) is 73.3. The van der Waals surface area contributed by atoms with Crippen LogP contribution in [-0.2, 0) is 65.4 Å². The number of phosphoric ester groups is 2. The minimum Gasteiger partial charge on any atom is -0.462 e. The Bertz CT molecular complexity index is 2000. The van der Waals surface area contributed by atoms with Crippen molar-refractivity contribution < 1.29 is 80.2 Å². The number of ether oxygens (including phenoxy) is 4. The van der Waals surface area contributed by atoms with E-state index in [-0.39, 0.29) is 25.7 Å². The van der Waals surface area contributed by atoms with Crippen LogP contribution in [0.2, 0.25) is 0 Å². The van der Waals surface area contributed by atoms with E-state index in [1.807, 2.05) is 0 Å². The van der Waals surface area contributed by atoms with Gasteiger partial charge in [-0.1, -0.05) is 426 Å². The Kier molecular flexibility index (Phi) is 79.6. The Morgan fingerprint density at radius 1 is 0.226 bits per heavy atom. The number of hydrogen-bond acceptors (Lipinski definition) is 15. The van der Waals surface area contributed by atoms with Gasteiger partial charge in [-0.3, -0.25) is 37.3 Å². The first-order valence-corrected chi connectivity index (χ1v) is 48.3. The number of hydrogen-bond donors (Lipinski definition) is 3. The average molecular weight is 1550 g/mol. The number of unbranched alkanes of at least 4 members (excludes halogenated alkanes) is 62. The van der Waals surface area contributed by atoms with Crippen LogP contribution in [0.15, 0.2) is 0 Å². The Balaban J connectivity index is 5.23. The molecule has 0 bridgehead atoms. The zero-order valence-electron chi connectivity index (χ0n) is 69.4. The summed E-state index contributed by atoms with van der Waals surface area (Å²) in [5, 5.41) is 10.7. The van der Waals surface area contributed by atoms with E-state index in [0.717, 1.165) is 89.9 Å². The molecule has 0 saturated heterocycles. The number of aliphatic hydroxyl groups excluding tert-OH is 1. The van der Waals surface area contributed by atoms with Crippen molar-refractivity contribution in [3.63, 3.8) is 0 Å². The second-order valence-corrected chi connectivity index (χ2v) is 34.2. The summed E-state index contributed by atoms with van der Waals surface area (Å²) in [5.74, 6) is -2.10. The van der Waals surface area contributed by atoms with Crippen molar-refractivity contribution in [2.24, 2.45) is 0 Å². The van der Waals surface area contributed by atoms with Crippen LogP contribution in [0.5, 0.6) is 0 Å². The molecule has 0 aromatic heterocycles. The molecule has 17 nitrogen and oxygen atoms in total. The topological polar surface area (TPSA) is 237 Å². The van der Waals surface area contributed by atoms with Crippen LogP contribution in [0.1, 0.15) is 477 Å². The molecule has 0 radical (unpaired) electrons. The maximum absolute atomic E-state index is 13.2. The monoisotopic (exact) mass is 1550 g/mol. The molecule has 0 amide bonds. The molecular formula is C87H170O17P2. The van der Waals surface area contributed by atoms with Crippen molar-refractivity contribution in [1.29, 1.82) is 0 Å². The van der Waals surface area contributed by atoms with Crippen LogP contribution in [-0.4, -0.2) is 96.7 Å². The number of rotatable bonds is 88. The van der Waals surface area contributed by atoms with E-state index < -0.39 is 97.5 Å². The molecule has 0 fully saturated rings. The van der Waals surface area contributed by atoms with Crippen LogP contribution in [0.3, 0.4) is 0 Å². The predicted molar refractivity (Wildman–Crippen MR) is 437 cm³/mol. The van der Waals surface area contributed by atoms with Gasteiger partial charge in [-0.25, -0.2) is 9.13 Å². The van der Waals surface area contributed by atoms with Crippen molar-refractivity contribution >= 4 is 39.5 Å². The van der Waals surface area contributed by atoms with Crippen LogP contribution >= 0.6 is 15.6 Å². The van der Waals surface area contributed by atoms with Gasteiger partial charge in [0.2, 0.25) is 0 Å². The second kappa shape index (κ2) is 81.1. The SMILES string of the molecule is CCCCCCCCCCCCCCCCCCCCCCCC(=O)O[C@H](COC(=O)CCCCCCCCCCCCCCCCCCCCC)COP(=O)(O)OC[C@@H](O)COP(=O)(O)OC[C@@H](COC(=O)CCCCCCCCCCCCC)OC(=O)CCCCCCCCCCCCCCCCC. The first-order chi connectivity index (χ1) is 51.7. The minimum absolute atomic E-state index is 0.109. The zero-order valence-corrected chi connectivity index (χ0v) is 71.2. The molecule has 0 aromatic rings. The summed E-state index contributed by atoms with van der Waals surface area (Å²) in [6, 6.07) is 0. The van der Waals surface area contributed by atoms with Gasteiger partial charge < -0.3 is 33.8 Å². The summed E-state index contributed by atoms with van der Waals surface area (Å²) >= 11 is 0. The fourth-order valence-corrected chi connectivity index (χ4v) is 15.3. The lowest BCUT2D eigenvalue weighted by atomic mass is 10.0. The zero-order chi connectivity index (χ0) is 77.4. The lowest BCUT2D eigenvalue weighted by molar-refractivity contribution is -0.161.